The number of amides is 2. The normalized spacial score (nSPS) is 14.2. The fraction of sp³-hybridized carbons (Fsp3) is 0.158. The Bertz CT molecular complexity index is 1170. The minimum atomic E-state index is -3.88. The van der Waals surface area contributed by atoms with E-state index in [2.05, 4.69) is 4.72 Å². The van der Waals surface area contributed by atoms with Gasteiger partial charge in [0.05, 0.1) is 17.7 Å². The minimum absolute atomic E-state index is 0.00371. The van der Waals surface area contributed by atoms with Crippen molar-refractivity contribution in [2.75, 3.05) is 6.54 Å². The topological polar surface area (TPSA) is 96.7 Å². The highest BCUT2D eigenvalue weighted by atomic mass is 32.2. The van der Waals surface area contributed by atoms with Crippen molar-refractivity contribution in [3.05, 3.63) is 65.6 Å². The van der Waals surface area contributed by atoms with E-state index in [0.29, 0.717) is 22.1 Å². The third-order valence-electron chi connectivity index (χ3n) is 4.54. The zero-order valence-electron chi connectivity index (χ0n) is 14.4. The van der Waals surface area contributed by atoms with Crippen LogP contribution in [0.5, 0.6) is 0 Å². The Labute approximate surface area is 155 Å². The van der Waals surface area contributed by atoms with Crippen LogP contribution in [0.3, 0.4) is 0 Å². The lowest BCUT2D eigenvalue weighted by Gasteiger charge is -2.26. The molecule has 0 spiro atoms. The highest BCUT2D eigenvalue weighted by Crippen LogP contribution is 2.32. The van der Waals surface area contributed by atoms with Crippen LogP contribution in [-0.4, -0.2) is 31.7 Å². The van der Waals surface area contributed by atoms with Gasteiger partial charge in [0.2, 0.25) is 10.0 Å². The van der Waals surface area contributed by atoms with Gasteiger partial charge in [-0.2, -0.15) is 0 Å². The molecule has 2 heterocycles. The van der Waals surface area contributed by atoms with Crippen LogP contribution in [0.2, 0.25) is 0 Å². The fourth-order valence-corrected chi connectivity index (χ4v) is 4.29. The summed E-state index contributed by atoms with van der Waals surface area (Å²) in [5, 5.41) is 1.02. The fourth-order valence-electron chi connectivity index (χ4n) is 3.24. The molecule has 0 unspecified atom stereocenters. The van der Waals surface area contributed by atoms with Crippen molar-refractivity contribution in [3.8, 4) is 0 Å². The monoisotopic (exact) mass is 384 g/mol. The van der Waals surface area contributed by atoms with Crippen molar-refractivity contribution in [2.45, 2.75) is 18.4 Å². The van der Waals surface area contributed by atoms with Crippen molar-refractivity contribution in [2.24, 2.45) is 0 Å². The SMILES string of the molecule is CCN1C(=O)c2cccc3cc(S(=O)(=O)NCc4ccco4)cc(c23)C1=O. The number of furan rings is 1. The Morgan fingerprint density at radius 2 is 1.81 bits per heavy atom. The smallest absolute Gasteiger partial charge is 0.261 e. The number of benzene rings is 2. The van der Waals surface area contributed by atoms with E-state index in [4.69, 9.17) is 4.42 Å². The summed E-state index contributed by atoms with van der Waals surface area (Å²) in [6, 6.07) is 11.1. The van der Waals surface area contributed by atoms with Crippen LogP contribution in [0, 0.1) is 0 Å². The van der Waals surface area contributed by atoms with Gasteiger partial charge in [0, 0.05) is 23.1 Å². The second-order valence-electron chi connectivity index (χ2n) is 6.13. The van der Waals surface area contributed by atoms with Crippen molar-refractivity contribution in [3.63, 3.8) is 0 Å². The number of nitrogens with one attached hydrogen (secondary N) is 1. The van der Waals surface area contributed by atoms with Crippen molar-refractivity contribution >= 4 is 32.6 Å². The zero-order chi connectivity index (χ0) is 19.2. The molecule has 7 nitrogen and oxygen atoms in total. The number of hydrogen-bond donors (Lipinski definition) is 1. The number of nitrogens with zero attached hydrogens (tertiary/aromatic N) is 1. The zero-order valence-corrected chi connectivity index (χ0v) is 15.2. The molecule has 1 aliphatic rings. The number of carbonyl (C=O) groups excluding carboxylic acids is 2. The molecule has 0 saturated heterocycles. The molecular weight excluding hydrogens is 368 g/mol. The molecule has 2 aromatic carbocycles. The Morgan fingerprint density at radius 3 is 2.52 bits per heavy atom. The summed E-state index contributed by atoms with van der Waals surface area (Å²) >= 11 is 0. The molecule has 0 bridgehead atoms. The van der Waals surface area contributed by atoms with Crippen molar-refractivity contribution in [1.82, 2.24) is 9.62 Å². The van der Waals surface area contributed by atoms with Gasteiger partial charge < -0.3 is 4.42 Å². The molecule has 1 aliphatic heterocycles. The summed E-state index contributed by atoms with van der Waals surface area (Å²) < 4.78 is 33.0. The average molecular weight is 384 g/mol. The first-order valence-corrected chi connectivity index (χ1v) is 9.85. The molecule has 1 aromatic heterocycles. The van der Waals surface area contributed by atoms with E-state index >= 15 is 0 Å². The van der Waals surface area contributed by atoms with Crippen LogP contribution >= 0.6 is 0 Å². The van der Waals surface area contributed by atoms with Gasteiger partial charge in [0.1, 0.15) is 5.76 Å². The van der Waals surface area contributed by atoms with E-state index in [-0.39, 0.29) is 29.5 Å². The van der Waals surface area contributed by atoms with E-state index in [0.717, 1.165) is 4.90 Å². The lowest BCUT2D eigenvalue weighted by molar-refractivity contribution is 0.0619. The standard InChI is InChI=1S/C19H16N2O5S/c1-2-21-18(22)15-7-3-5-12-9-14(10-16(17(12)15)19(21)23)27(24,25)20-11-13-6-4-8-26-13/h3-10,20H,2,11H2,1H3. The van der Waals surface area contributed by atoms with Crippen molar-refractivity contribution in [1.29, 1.82) is 0 Å². The largest absolute Gasteiger partial charge is 0.468 e. The Kier molecular flexibility index (Phi) is 4.09. The maximum absolute atomic E-state index is 12.7. The van der Waals surface area contributed by atoms with E-state index in [9.17, 15) is 18.0 Å². The Hall–Kier alpha value is -2.97. The maximum Gasteiger partial charge on any atom is 0.261 e. The van der Waals surface area contributed by atoms with E-state index in [1.165, 1.54) is 18.4 Å². The summed E-state index contributed by atoms with van der Waals surface area (Å²) in [4.78, 5) is 26.3. The van der Waals surface area contributed by atoms with Gasteiger partial charge in [0.15, 0.2) is 0 Å². The van der Waals surface area contributed by atoms with Crippen LogP contribution in [0.4, 0.5) is 0 Å². The Morgan fingerprint density at radius 1 is 1.04 bits per heavy atom. The molecule has 138 valence electrons. The molecule has 0 atom stereocenters. The molecule has 0 saturated carbocycles. The molecule has 1 N–H and O–H groups in total. The predicted molar refractivity (Wildman–Crippen MR) is 97.7 cm³/mol. The third kappa shape index (κ3) is 2.83. The second kappa shape index (κ2) is 6.33. The number of sulfonamides is 1. The highest BCUT2D eigenvalue weighted by molar-refractivity contribution is 7.89. The van der Waals surface area contributed by atoms with Gasteiger partial charge in [-0.3, -0.25) is 14.5 Å². The van der Waals surface area contributed by atoms with E-state index < -0.39 is 15.9 Å². The van der Waals surface area contributed by atoms with E-state index in [1.807, 2.05) is 0 Å². The van der Waals surface area contributed by atoms with Crippen LogP contribution in [0.1, 0.15) is 33.4 Å². The lowest BCUT2D eigenvalue weighted by Crippen LogP contribution is -2.40. The number of rotatable bonds is 5. The summed E-state index contributed by atoms with van der Waals surface area (Å²) in [7, 11) is -3.88. The van der Waals surface area contributed by atoms with Crippen LogP contribution < -0.4 is 4.72 Å². The summed E-state index contributed by atoms with van der Waals surface area (Å²) in [6.45, 7) is 1.91. The van der Waals surface area contributed by atoms with Gasteiger partial charge in [0.25, 0.3) is 11.8 Å². The van der Waals surface area contributed by atoms with Crippen molar-refractivity contribution < 1.29 is 22.4 Å². The quantitative estimate of drug-likeness (QED) is 0.682. The van der Waals surface area contributed by atoms with Gasteiger partial charge in [-0.05, 0) is 42.6 Å². The van der Waals surface area contributed by atoms with Gasteiger partial charge in [-0.15, -0.1) is 0 Å². The maximum atomic E-state index is 12.7. The molecule has 0 radical (unpaired) electrons. The predicted octanol–water partition coefficient (Wildman–Crippen LogP) is 2.53. The first-order valence-electron chi connectivity index (χ1n) is 8.37. The average Bonchev–Trinajstić information content (AvgIpc) is 3.18. The summed E-state index contributed by atoms with van der Waals surface area (Å²) in [5.74, 6) is -0.386. The summed E-state index contributed by atoms with van der Waals surface area (Å²) in [6.07, 6.45) is 1.46. The third-order valence-corrected chi connectivity index (χ3v) is 5.93. The first-order chi connectivity index (χ1) is 12.9. The highest BCUT2D eigenvalue weighted by Gasteiger charge is 2.33. The molecule has 27 heavy (non-hydrogen) atoms. The molecule has 0 fully saturated rings. The van der Waals surface area contributed by atoms with Gasteiger partial charge in [-0.1, -0.05) is 12.1 Å². The molecule has 3 aromatic rings. The molecular formula is C19H16N2O5S. The lowest BCUT2D eigenvalue weighted by atomic mass is 9.94. The summed E-state index contributed by atoms with van der Waals surface area (Å²) in [5.41, 5.74) is 0.611. The second-order valence-corrected chi connectivity index (χ2v) is 7.90. The van der Waals surface area contributed by atoms with E-state index in [1.54, 1.807) is 37.3 Å². The first kappa shape index (κ1) is 17.4. The molecule has 4 rings (SSSR count). The molecule has 0 aliphatic carbocycles. The van der Waals surface area contributed by atoms with Crippen LogP contribution in [0.15, 0.2) is 58.0 Å². The Balaban J connectivity index is 1.83. The number of carbonyl (C=O) groups is 2. The van der Waals surface area contributed by atoms with Crippen LogP contribution in [0.25, 0.3) is 10.8 Å². The molecule has 8 heteroatoms. The number of imide groups is 1. The number of hydrogen-bond acceptors (Lipinski definition) is 5. The van der Waals surface area contributed by atoms with Gasteiger partial charge >= 0.3 is 0 Å². The minimum Gasteiger partial charge on any atom is -0.468 e. The van der Waals surface area contributed by atoms with Gasteiger partial charge in [-0.25, -0.2) is 13.1 Å². The van der Waals surface area contributed by atoms with Crippen LogP contribution in [-0.2, 0) is 16.6 Å². The molecule has 2 amide bonds.